The predicted octanol–water partition coefficient (Wildman–Crippen LogP) is 2.32. The van der Waals surface area contributed by atoms with Crippen molar-refractivity contribution in [2.24, 2.45) is 5.92 Å². The molecule has 1 fully saturated rings. The number of carbonyl (C=O) groups is 2. The first-order valence-electron chi connectivity index (χ1n) is 5.85. The van der Waals surface area contributed by atoms with Crippen molar-refractivity contribution in [2.75, 3.05) is 0 Å². The number of halogens is 1. The van der Waals surface area contributed by atoms with Crippen LogP contribution in [0.1, 0.15) is 29.6 Å². The van der Waals surface area contributed by atoms with E-state index in [9.17, 15) is 9.59 Å². The lowest BCUT2D eigenvalue weighted by molar-refractivity contribution is -0.141. The summed E-state index contributed by atoms with van der Waals surface area (Å²) in [5.41, 5.74) is 0.540. The molecule has 0 unspecified atom stereocenters. The molecule has 0 bridgehead atoms. The maximum Gasteiger partial charge on any atom is 0.306 e. The quantitative estimate of drug-likeness (QED) is 0.883. The number of rotatable bonds is 3. The van der Waals surface area contributed by atoms with Gasteiger partial charge < -0.3 is 10.4 Å². The molecule has 2 atom stereocenters. The van der Waals surface area contributed by atoms with Crippen LogP contribution in [0, 0.1) is 5.92 Å². The average molecular weight is 268 g/mol. The highest BCUT2D eigenvalue weighted by atomic mass is 35.5. The van der Waals surface area contributed by atoms with Crippen LogP contribution < -0.4 is 5.32 Å². The van der Waals surface area contributed by atoms with Gasteiger partial charge in [0.2, 0.25) is 0 Å². The molecule has 1 saturated carbocycles. The van der Waals surface area contributed by atoms with Gasteiger partial charge >= 0.3 is 5.97 Å². The lowest BCUT2D eigenvalue weighted by atomic mass is 10.1. The largest absolute Gasteiger partial charge is 0.481 e. The second-order valence-electron chi connectivity index (χ2n) is 4.53. The third-order valence-corrected chi connectivity index (χ3v) is 3.48. The third kappa shape index (κ3) is 3.01. The number of nitrogens with one attached hydrogen (secondary N) is 1. The van der Waals surface area contributed by atoms with Gasteiger partial charge in [0.1, 0.15) is 0 Å². The highest BCUT2D eigenvalue weighted by molar-refractivity contribution is 6.30. The topological polar surface area (TPSA) is 66.4 Å². The van der Waals surface area contributed by atoms with Gasteiger partial charge in [-0.1, -0.05) is 11.6 Å². The molecule has 0 aromatic heterocycles. The molecular formula is C13H14ClNO3. The maximum absolute atomic E-state index is 11.9. The van der Waals surface area contributed by atoms with Crippen molar-refractivity contribution in [3.63, 3.8) is 0 Å². The second-order valence-corrected chi connectivity index (χ2v) is 4.96. The summed E-state index contributed by atoms with van der Waals surface area (Å²) in [7, 11) is 0. The number of carbonyl (C=O) groups excluding carboxylic acids is 1. The Balaban J connectivity index is 1.92. The van der Waals surface area contributed by atoms with Crippen molar-refractivity contribution in [3.05, 3.63) is 34.9 Å². The SMILES string of the molecule is O=C(N[C@H]1CC[C@@H](C(=O)O)C1)c1ccc(Cl)cc1. The molecule has 0 radical (unpaired) electrons. The summed E-state index contributed by atoms with van der Waals surface area (Å²) in [5, 5.41) is 12.3. The molecule has 2 N–H and O–H groups in total. The molecule has 2 rings (SSSR count). The third-order valence-electron chi connectivity index (χ3n) is 3.22. The molecule has 1 aromatic carbocycles. The zero-order valence-corrected chi connectivity index (χ0v) is 10.5. The van der Waals surface area contributed by atoms with Crippen molar-refractivity contribution in [1.29, 1.82) is 0 Å². The molecule has 1 amide bonds. The van der Waals surface area contributed by atoms with Crippen molar-refractivity contribution in [3.8, 4) is 0 Å². The minimum Gasteiger partial charge on any atom is -0.481 e. The number of carboxylic acid groups (broad SMARTS) is 1. The summed E-state index contributed by atoms with van der Waals surface area (Å²) < 4.78 is 0. The molecule has 96 valence electrons. The Hall–Kier alpha value is -1.55. The summed E-state index contributed by atoms with van der Waals surface area (Å²) in [6, 6.07) is 6.58. The van der Waals surface area contributed by atoms with Crippen LogP contribution in [-0.4, -0.2) is 23.0 Å². The molecule has 0 saturated heterocycles. The Morgan fingerprint density at radius 2 is 1.89 bits per heavy atom. The van der Waals surface area contributed by atoms with Crippen LogP contribution in [0.4, 0.5) is 0 Å². The van der Waals surface area contributed by atoms with E-state index in [0.29, 0.717) is 23.4 Å². The molecule has 4 nitrogen and oxygen atoms in total. The van der Waals surface area contributed by atoms with E-state index in [1.165, 1.54) is 0 Å². The average Bonchev–Trinajstić information content (AvgIpc) is 2.78. The van der Waals surface area contributed by atoms with E-state index in [4.69, 9.17) is 16.7 Å². The van der Waals surface area contributed by atoms with Crippen LogP contribution in [-0.2, 0) is 4.79 Å². The Labute approximate surface area is 110 Å². The van der Waals surface area contributed by atoms with Gasteiger partial charge in [-0.05, 0) is 43.5 Å². The Bertz CT molecular complexity index is 458. The lowest BCUT2D eigenvalue weighted by Crippen LogP contribution is -2.33. The van der Waals surface area contributed by atoms with Crippen LogP contribution in [0.15, 0.2) is 24.3 Å². The van der Waals surface area contributed by atoms with Crippen molar-refractivity contribution >= 4 is 23.5 Å². The van der Waals surface area contributed by atoms with Gasteiger partial charge in [-0.15, -0.1) is 0 Å². The van der Waals surface area contributed by atoms with E-state index in [0.717, 1.165) is 6.42 Å². The Morgan fingerprint density at radius 1 is 1.22 bits per heavy atom. The fraction of sp³-hybridized carbons (Fsp3) is 0.385. The summed E-state index contributed by atoms with van der Waals surface area (Å²) >= 11 is 5.74. The van der Waals surface area contributed by atoms with E-state index in [1.807, 2.05) is 0 Å². The number of benzene rings is 1. The summed E-state index contributed by atoms with van der Waals surface area (Å²) in [6.07, 6.45) is 1.85. The first-order chi connectivity index (χ1) is 8.56. The van der Waals surface area contributed by atoms with Crippen LogP contribution in [0.5, 0.6) is 0 Å². The normalized spacial score (nSPS) is 22.7. The van der Waals surface area contributed by atoms with Gasteiger partial charge in [0, 0.05) is 16.6 Å². The zero-order chi connectivity index (χ0) is 13.1. The minimum absolute atomic E-state index is 0.0470. The number of amides is 1. The molecule has 18 heavy (non-hydrogen) atoms. The van der Waals surface area contributed by atoms with Crippen LogP contribution >= 0.6 is 11.6 Å². The minimum atomic E-state index is -0.779. The van der Waals surface area contributed by atoms with E-state index >= 15 is 0 Å². The van der Waals surface area contributed by atoms with Gasteiger partial charge in [0.15, 0.2) is 0 Å². The van der Waals surface area contributed by atoms with E-state index in [1.54, 1.807) is 24.3 Å². The van der Waals surface area contributed by atoms with E-state index < -0.39 is 5.97 Å². The summed E-state index contributed by atoms with van der Waals surface area (Å²) in [5.74, 6) is -1.29. The predicted molar refractivity (Wildman–Crippen MR) is 67.7 cm³/mol. The molecule has 1 aliphatic carbocycles. The van der Waals surface area contributed by atoms with Gasteiger partial charge in [-0.25, -0.2) is 0 Å². The van der Waals surface area contributed by atoms with Gasteiger partial charge in [0.25, 0.3) is 5.91 Å². The number of hydrogen-bond acceptors (Lipinski definition) is 2. The molecular weight excluding hydrogens is 254 g/mol. The fourth-order valence-corrected chi connectivity index (χ4v) is 2.33. The molecule has 0 spiro atoms. The van der Waals surface area contributed by atoms with E-state index in [2.05, 4.69) is 5.32 Å². The van der Waals surface area contributed by atoms with E-state index in [-0.39, 0.29) is 17.9 Å². The van der Waals surface area contributed by atoms with Crippen molar-refractivity contribution < 1.29 is 14.7 Å². The molecule has 1 aromatic rings. The van der Waals surface area contributed by atoms with Gasteiger partial charge in [-0.2, -0.15) is 0 Å². The van der Waals surface area contributed by atoms with Crippen LogP contribution in [0.2, 0.25) is 5.02 Å². The van der Waals surface area contributed by atoms with Crippen LogP contribution in [0.3, 0.4) is 0 Å². The molecule has 0 heterocycles. The highest BCUT2D eigenvalue weighted by Gasteiger charge is 2.30. The summed E-state index contributed by atoms with van der Waals surface area (Å²) in [6.45, 7) is 0. The fourth-order valence-electron chi connectivity index (χ4n) is 2.21. The summed E-state index contributed by atoms with van der Waals surface area (Å²) in [4.78, 5) is 22.7. The number of aliphatic carboxylic acids is 1. The maximum atomic E-state index is 11.9. The zero-order valence-electron chi connectivity index (χ0n) is 9.73. The molecule has 1 aliphatic rings. The standard InChI is InChI=1S/C13H14ClNO3/c14-10-4-1-8(2-5-10)12(16)15-11-6-3-9(7-11)13(17)18/h1-2,4-5,9,11H,3,6-7H2,(H,15,16)(H,17,18)/t9-,11+/m1/s1. The molecule has 0 aliphatic heterocycles. The van der Waals surface area contributed by atoms with Gasteiger partial charge in [-0.3, -0.25) is 9.59 Å². The second kappa shape index (κ2) is 5.40. The highest BCUT2D eigenvalue weighted by Crippen LogP contribution is 2.25. The van der Waals surface area contributed by atoms with Gasteiger partial charge in [0.05, 0.1) is 5.92 Å². The number of hydrogen-bond donors (Lipinski definition) is 2. The molecule has 5 heteroatoms. The van der Waals surface area contributed by atoms with Crippen molar-refractivity contribution in [2.45, 2.75) is 25.3 Å². The smallest absolute Gasteiger partial charge is 0.306 e. The Morgan fingerprint density at radius 3 is 2.44 bits per heavy atom. The first kappa shape index (κ1) is 12.9. The Kier molecular flexibility index (Phi) is 3.87. The number of carboxylic acids is 1. The monoisotopic (exact) mass is 267 g/mol. The lowest BCUT2D eigenvalue weighted by Gasteiger charge is -2.12. The van der Waals surface area contributed by atoms with Crippen molar-refractivity contribution in [1.82, 2.24) is 5.32 Å². The van der Waals surface area contributed by atoms with Crippen LogP contribution in [0.25, 0.3) is 0 Å². The first-order valence-corrected chi connectivity index (χ1v) is 6.23.